The van der Waals surface area contributed by atoms with Crippen LogP contribution in [0.25, 0.3) is 0 Å². The Hall–Kier alpha value is -3.08. The third-order valence-corrected chi connectivity index (χ3v) is 4.87. The summed E-state index contributed by atoms with van der Waals surface area (Å²) in [6.07, 6.45) is 10.5. The monoisotopic (exact) mass is 438 g/mol. The van der Waals surface area contributed by atoms with Crippen molar-refractivity contribution in [3.05, 3.63) is 91.5 Å². The van der Waals surface area contributed by atoms with Crippen LogP contribution in [0.1, 0.15) is 66.2 Å². The molecule has 0 aliphatic carbocycles. The van der Waals surface area contributed by atoms with Crippen molar-refractivity contribution in [3.63, 3.8) is 0 Å². The van der Waals surface area contributed by atoms with E-state index in [0.29, 0.717) is 35.6 Å². The first-order valence-corrected chi connectivity index (χ1v) is 10.9. The quantitative estimate of drug-likeness (QED) is 0.510. The van der Waals surface area contributed by atoms with Gasteiger partial charge in [0.15, 0.2) is 6.10 Å². The Kier molecular flexibility index (Phi) is 9.70. The molecule has 1 N–H and O–H groups in total. The first-order valence-electron chi connectivity index (χ1n) is 10.9. The molecule has 0 saturated heterocycles. The standard InChI is InChI=1S/C25H32N2O3.C2H6/c1-9-19-12-18(4)29-20(10-2)11-17(3)13-24(5,6)15-25(7,8)23(28)30-22(19)21-14-26-16-27-21;1-2/h9-12,14,16,22H,1-4,13,15H2,5-8H3,(H,26,27);1-2H3/b19-12+,20-11+;. The number of rotatable bonds is 3. The summed E-state index contributed by atoms with van der Waals surface area (Å²) in [5, 5.41) is 0. The van der Waals surface area contributed by atoms with Crippen molar-refractivity contribution in [2.45, 2.75) is 60.5 Å². The number of cyclic esters (lactones) is 1. The lowest BCUT2D eigenvalue weighted by Gasteiger charge is -2.35. The molecular formula is C27H38N2O3. The average Bonchev–Trinajstić information content (AvgIpc) is 3.23. The average molecular weight is 439 g/mol. The lowest BCUT2D eigenvalue weighted by molar-refractivity contribution is -0.160. The zero-order valence-corrected chi connectivity index (χ0v) is 20.5. The first-order chi connectivity index (χ1) is 15.0. The maximum absolute atomic E-state index is 13.2. The van der Waals surface area contributed by atoms with Crippen molar-refractivity contribution < 1.29 is 14.3 Å². The molecule has 2 heterocycles. The number of H-pyrrole nitrogens is 1. The number of hydrogen-bond acceptors (Lipinski definition) is 4. The second-order valence-electron chi connectivity index (χ2n) is 9.02. The fourth-order valence-electron chi connectivity index (χ4n) is 3.92. The van der Waals surface area contributed by atoms with Crippen LogP contribution < -0.4 is 0 Å². The van der Waals surface area contributed by atoms with E-state index in [-0.39, 0.29) is 11.4 Å². The normalized spacial score (nSPS) is 24.7. The van der Waals surface area contributed by atoms with E-state index in [1.807, 2.05) is 33.8 Å². The lowest BCUT2D eigenvalue weighted by Crippen LogP contribution is -2.33. The second-order valence-corrected chi connectivity index (χ2v) is 9.02. The van der Waals surface area contributed by atoms with Crippen LogP contribution in [0.4, 0.5) is 0 Å². The van der Waals surface area contributed by atoms with E-state index in [1.165, 1.54) is 0 Å². The van der Waals surface area contributed by atoms with Crippen LogP contribution in [-0.2, 0) is 14.3 Å². The third-order valence-electron chi connectivity index (χ3n) is 4.87. The van der Waals surface area contributed by atoms with Gasteiger partial charge in [-0.3, -0.25) is 4.79 Å². The van der Waals surface area contributed by atoms with Gasteiger partial charge in [0.1, 0.15) is 11.5 Å². The number of aromatic nitrogens is 2. The molecule has 5 nitrogen and oxygen atoms in total. The Morgan fingerprint density at radius 2 is 1.78 bits per heavy atom. The summed E-state index contributed by atoms with van der Waals surface area (Å²) in [5.74, 6) is 0.603. The Morgan fingerprint density at radius 3 is 2.31 bits per heavy atom. The van der Waals surface area contributed by atoms with Crippen LogP contribution in [-0.4, -0.2) is 15.9 Å². The van der Waals surface area contributed by atoms with Gasteiger partial charge in [0, 0.05) is 5.57 Å². The molecule has 1 aliphatic rings. The second kappa shape index (κ2) is 11.5. The molecule has 1 aromatic rings. The summed E-state index contributed by atoms with van der Waals surface area (Å²) in [7, 11) is 0. The number of allylic oxidation sites excluding steroid dienone is 4. The smallest absolute Gasteiger partial charge is 0.312 e. The number of hydrogen-bond donors (Lipinski definition) is 1. The maximum atomic E-state index is 13.2. The summed E-state index contributed by atoms with van der Waals surface area (Å²) in [4.78, 5) is 20.3. The molecule has 1 atom stereocenters. The Labute approximate surface area is 193 Å². The predicted molar refractivity (Wildman–Crippen MR) is 131 cm³/mol. The van der Waals surface area contributed by atoms with Gasteiger partial charge in [-0.25, -0.2) is 4.98 Å². The molecule has 0 bridgehead atoms. The number of nitrogens with zero attached hydrogens (tertiary/aromatic N) is 1. The molecule has 1 unspecified atom stereocenters. The molecule has 0 fully saturated rings. The van der Waals surface area contributed by atoms with Gasteiger partial charge in [-0.15, -0.1) is 0 Å². The number of ether oxygens (including phenoxy) is 2. The minimum absolute atomic E-state index is 0.190. The fraction of sp³-hybridized carbons (Fsp3) is 0.407. The number of carbonyl (C=O) groups excluding carboxylic acids is 1. The molecular weight excluding hydrogens is 400 g/mol. The largest absolute Gasteiger partial charge is 0.458 e. The first kappa shape index (κ1) is 27.0. The van der Waals surface area contributed by atoms with Crippen LogP contribution in [0.3, 0.4) is 0 Å². The van der Waals surface area contributed by atoms with Gasteiger partial charge in [-0.05, 0) is 50.3 Å². The summed E-state index contributed by atoms with van der Waals surface area (Å²) >= 11 is 0. The van der Waals surface area contributed by atoms with E-state index in [0.717, 1.165) is 5.57 Å². The van der Waals surface area contributed by atoms with E-state index in [2.05, 4.69) is 50.1 Å². The topological polar surface area (TPSA) is 64.2 Å². The van der Waals surface area contributed by atoms with Crippen molar-refractivity contribution in [3.8, 4) is 0 Å². The zero-order chi connectivity index (χ0) is 24.5. The Bertz CT molecular complexity index is 899. The van der Waals surface area contributed by atoms with Crippen molar-refractivity contribution in [1.82, 2.24) is 9.97 Å². The van der Waals surface area contributed by atoms with Crippen LogP contribution in [0, 0.1) is 10.8 Å². The van der Waals surface area contributed by atoms with Gasteiger partial charge in [-0.2, -0.15) is 0 Å². The van der Waals surface area contributed by atoms with E-state index in [4.69, 9.17) is 9.47 Å². The van der Waals surface area contributed by atoms with Gasteiger partial charge < -0.3 is 14.5 Å². The highest BCUT2D eigenvalue weighted by atomic mass is 16.5. The van der Waals surface area contributed by atoms with Crippen LogP contribution in [0.15, 0.2) is 85.8 Å². The SMILES string of the molecule is C=C/C1=C\C(=C)CC(C)(C)CC(C)(C)C(=O)OC(c2cnc[nH]2)/C(C=C)=C/C(=C)O1.CC. The molecule has 2 rings (SSSR count). The minimum Gasteiger partial charge on any atom is -0.458 e. The Morgan fingerprint density at radius 1 is 1.12 bits per heavy atom. The van der Waals surface area contributed by atoms with Gasteiger partial charge >= 0.3 is 5.97 Å². The summed E-state index contributed by atoms with van der Waals surface area (Å²) in [5.41, 5.74) is 1.23. The summed E-state index contributed by atoms with van der Waals surface area (Å²) in [6.45, 7) is 27.8. The van der Waals surface area contributed by atoms with Crippen molar-refractivity contribution in [1.29, 1.82) is 0 Å². The Balaban J connectivity index is 0.00000249. The fourth-order valence-corrected chi connectivity index (χ4v) is 3.92. The number of imidazole rings is 1. The van der Waals surface area contributed by atoms with Gasteiger partial charge in [0.05, 0.1) is 23.6 Å². The zero-order valence-electron chi connectivity index (χ0n) is 20.5. The molecule has 174 valence electrons. The molecule has 1 aromatic heterocycles. The van der Waals surface area contributed by atoms with Gasteiger partial charge in [0.25, 0.3) is 0 Å². The molecule has 0 aromatic carbocycles. The third kappa shape index (κ3) is 7.56. The molecule has 0 radical (unpaired) electrons. The van der Waals surface area contributed by atoms with E-state index >= 15 is 0 Å². The van der Waals surface area contributed by atoms with Gasteiger partial charge in [0.2, 0.25) is 0 Å². The number of carbonyl (C=O) groups is 1. The van der Waals surface area contributed by atoms with Crippen molar-refractivity contribution in [2.75, 3.05) is 0 Å². The number of esters is 1. The maximum Gasteiger partial charge on any atom is 0.312 e. The van der Waals surface area contributed by atoms with Crippen LogP contribution in [0.5, 0.6) is 0 Å². The number of aromatic amines is 1. The van der Waals surface area contributed by atoms with E-state index < -0.39 is 11.5 Å². The lowest BCUT2D eigenvalue weighted by atomic mass is 9.72. The molecule has 0 saturated carbocycles. The molecule has 0 amide bonds. The van der Waals surface area contributed by atoms with Gasteiger partial charge in [-0.1, -0.05) is 65.7 Å². The van der Waals surface area contributed by atoms with Crippen molar-refractivity contribution in [2.24, 2.45) is 10.8 Å². The summed E-state index contributed by atoms with van der Waals surface area (Å²) in [6, 6.07) is 0. The molecule has 0 spiro atoms. The highest BCUT2D eigenvalue weighted by Gasteiger charge is 2.38. The minimum atomic E-state index is -0.714. The molecule has 32 heavy (non-hydrogen) atoms. The van der Waals surface area contributed by atoms with Crippen LogP contribution >= 0.6 is 0 Å². The number of nitrogens with one attached hydrogen (secondary N) is 1. The van der Waals surface area contributed by atoms with E-state index in [1.54, 1.807) is 30.8 Å². The molecule has 5 heteroatoms. The van der Waals surface area contributed by atoms with E-state index in [9.17, 15) is 4.79 Å². The molecule has 1 aliphatic heterocycles. The predicted octanol–water partition coefficient (Wildman–Crippen LogP) is 7.14. The van der Waals surface area contributed by atoms with Crippen LogP contribution in [0.2, 0.25) is 0 Å². The summed E-state index contributed by atoms with van der Waals surface area (Å²) < 4.78 is 11.8. The highest BCUT2D eigenvalue weighted by molar-refractivity contribution is 5.76. The highest BCUT2D eigenvalue weighted by Crippen LogP contribution is 2.41. The van der Waals surface area contributed by atoms with Crippen molar-refractivity contribution >= 4 is 5.97 Å².